The maximum absolute atomic E-state index is 13.6. The molecule has 0 spiro atoms. The standard InChI is InChI=1S/C21H16FN5O3/c1-11-18(14-10-17(28)26(19(14)29)13-6-4-5-12(22)9-13)20(30)27(25-11)21-23-15-7-2-3-8-16(15)24-21/h2-9,14,25H,10H2,1H3,(H,23,24)/t14-/m1/s1. The summed E-state index contributed by atoms with van der Waals surface area (Å²) in [5.74, 6) is -2.25. The number of aryl methyl sites for hydroxylation is 1. The van der Waals surface area contributed by atoms with Gasteiger partial charge in [0.05, 0.1) is 28.2 Å². The van der Waals surface area contributed by atoms with Gasteiger partial charge in [-0.3, -0.25) is 19.5 Å². The predicted octanol–water partition coefficient (Wildman–Crippen LogP) is 2.54. The van der Waals surface area contributed by atoms with Gasteiger partial charge in [0.2, 0.25) is 17.8 Å². The second-order valence-corrected chi connectivity index (χ2v) is 7.17. The van der Waals surface area contributed by atoms with Crippen LogP contribution >= 0.6 is 0 Å². The lowest BCUT2D eigenvalue weighted by Gasteiger charge is -2.14. The fourth-order valence-corrected chi connectivity index (χ4v) is 3.91. The Labute approximate surface area is 168 Å². The van der Waals surface area contributed by atoms with Gasteiger partial charge < -0.3 is 4.98 Å². The summed E-state index contributed by atoms with van der Waals surface area (Å²) in [6.45, 7) is 1.67. The first kappa shape index (κ1) is 18.0. The minimum atomic E-state index is -0.949. The number of H-pyrrole nitrogens is 2. The number of rotatable bonds is 3. The SMILES string of the molecule is Cc1[nH]n(-c2nc3ccccc3[nH]2)c(=O)c1[C@H]1CC(=O)N(c2cccc(F)c2)C1=O. The molecular weight excluding hydrogens is 389 g/mol. The monoisotopic (exact) mass is 405 g/mol. The van der Waals surface area contributed by atoms with E-state index < -0.39 is 29.1 Å². The smallest absolute Gasteiger partial charge is 0.278 e. The van der Waals surface area contributed by atoms with Crippen molar-refractivity contribution in [3.8, 4) is 5.95 Å². The molecular formula is C21H16FN5O3. The highest BCUT2D eigenvalue weighted by Gasteiger charge is 2.43. The first-order chi connectivity index (χ1) is 14.4. The van der Waals surface area contributed by atoms with Gasteiger partial charge in [0, 0.05) is 12.1 Å². The molecule has 2 aromatic heterocycles. The number of halogens is 1. The number of imide groups is 1. The number of nitrogens with one attached hydrogen (secondary N) is 2. The highest BCUT2D eigenvalue weighted by molar-refractivity contribution is 6.22. The van der Waals surface area contributed by atoms with E-state index in [1.54, 1.807) is 6.92 Å². The summed E-state index contributed by atoms with van der Waals surface area (Å²) in [7, 11) is 0. The highest BCUT2D eigenvalue weighted by atomic mass is 19.1. The van der Waals surface area contributed by atoms with Gasteiger partial charge in [-0.05, 0) is 37.3 Å². The van der Waals surface area contributed by atoms with Crippen molar-refractivity contribution < 1.29 is 14.0 Å². The van der Waals surface area contributed by atoms with Gasteiger partial charge in [0.15, 0.2) is 0 Å². The second kappa shape index (κ2) is 6.51. The van der Waals surface area contributed by atoms with Crippen molar-refractivity contribution in [2.75, 3.05) is 4.90 Å². The Hall–Kier alpha value is -4.01. The largest absolute Gasteiger partial charge is 0.322 e. The Morgan fingerprint density at radius 1 is 1.10 bits per heavy atom. The third-order valence-electron chi connectivity index (χ3n) is 5.27. The summed E-state index contributed by atoms with van der Waals surface area (Å²) in [6.07, 6.45) is -0.163. The number of hydrogen-bond donors (Lipinski definition) is 2. The van der Waals surface area contributed by atoms with E-state index in [9.17, 15) is 18.8 Å². The molecule has 2 aromatic carbocycles. The predicted molar refractivity (Wildman–Crippen MR) is 107 cm³/mol. The quantitative estimate of drug-likeness (QED) is 0.511. The number of amides is 2. The number of carbonyl (C=O) groups excluding carboxylic acids is 2. The number of carbonyl (C=O) groups is 2. The zero-order valence-corrected chi connectivity index (χ0v) is 15.8. The van der Waals surface area contributed by atoms with Gasteiger partial charge in [0.25, 0.3) is 5.56 Å². The van der Waals surface area contributed by atoms with Gasteiger partial charge >= 0.3 is 0 Å². The molecule has 150 valence electrons. The van der Waals surface area contributed by atoms with Gasteiger partial charge in [-0.25, -0.2) is 14.3 Å². The second-order valence-electron chi connectivity index (χ2n) is 7.17. The molecule has 3 heterocycles. The third-order valence-corrected chi connectivity index (χ3v) is 5.27. The zero-order chi connectivity index (χ0) is 21.0. The van der Waals surface area contributed by atoms with E-state index in [4.69, 9.17) is 0 Å². The maximum Gasteiger partial charge on any atom is 0.278 e. The van der Waals surface area contributed by atoms with Crippen molar-refractivity contribution >= 4 is 28.5 Å². The van der Waals surface area contributed by atoms with E-state index >= 15 is 0 Å². The molecule has 2 N–H and O–H groups in total. The van der Waals surface area contributed by atoms with Crippen LogP contribution in [0.15, 0.2) is 53.3 Å². The normalized spacial score (nSPS) is 16.7. The Morgan fingerprint density at radius 2 is 1.90 bits per heavy atom. The number of aromatic nitrogens is 4. The number of anilines is 1. The van der Waals surface area contributed by atoms with E-state index in [1.807, 2.05) is 24.3 Å². The van der Waals surface area contributed by atoms with Crippen molar-refractivity contribution in [2.24, 2.45) is 0 Å². The van der Waals surface area contributed by atoms with Crippen LogP contribution in [0.3, 0.4) is 0 Å². The molecule has 0 saturated carbocycles. The van der Waals surface area contributed by atoms with E-state index in [1.165, 1.54) is 22.9 Å². The number of nitrogens with zero attached hydrogens (tertiary/aromatic N) is 3. The van der Waals surface area contributed by atoms with Crippen molar-refractivity contribution in [1.29, 1.82) is 0 Å². The first-order valence-electron chi connectivity index (χ1n) is 9.33. The summed E-state index contributed by atoms with van der Waals surface area (Å²) >= 11 is 0. The van der Waals surface area contributed by atoms with Crippen LogP contribution in [0.25, 0.3) is 17.0 Å². The lowest BCUT2D eigenvalue weighted by atomic mass is 9.98. The number of aromatic amines is 2. The molecule has 9 heteroatoms. The summed E-state index contributed by atoms with van der Waals surface area (Å²) in [4.78, 5) is 47.1. The molecule has 1 atom stereocenters. The maximum atomic E-state index is 13.6. The Morgan fingerprint density at radius 3 is 2.67 bits per heavy atom. The van der Waals surface area contributed by atoms with Crippen molar-refractivity contribution in [1.82, 2.24) is 19.7 Å². The molecule has 5 rings (SSSR count). The lowest BCUT2D eigenvalue weighted by Crippen LogP contribution is -2.31. The summed E-state index contributed by atoms with van der Waals surface area (Å²) in [6, 6.07) is 12.6. The van der Waals surface area contributed by atoms with Crippen LogP contribution < -0.4 is 10.5 Å². The highest BCUT2D eigenvalue weighted by Crippen LogP contribution is 2.33. The van der Waals surface area contributed by atoms with Crippen molar-refractivity contribution in [3.63, 3.8) is 0 Å². The van der Waals surface area contributed by atoms with Crippen LogP contribution in [0.4, 0.5) is 10.1 Å². The summed E-state index contributed by atoms with van der Waals surface area (Å²) in [5.41, 5.74) is 1.81. The summed E-state index contributed by atoms with van der Waals surface area (Å²) in [5, 5.41) is 2.93. The van der Waals surface area contributed by atoms with Gasteiger partial charge in [-0.15, -0.1) is 0 Å². The molecule has 1 aliphatic rings. The lowest BCUT2D eigenvalue weighted by molar-refractivity contribution is -0.121. The average molecular weight is 405 g/mol. The number of para-hydroxylation sites is 2. The Balaban J connectivity index is 1.56. The molecule has 8 nitrogen and oxygen atoms in total. The van der Waals surface area contributed by atoms with Crippen LogP contribution in [0.1, 0.15) is 23.6 Å². The van der Waals surface area contributed by atoms with Crippen molar-refractivity contribution in [3.05, 3.63) is 76.0 Å². The summed E-state index contributed by atoms with van der Waals surface area (Å²) < 4.78 is 14.8. The number of benzene rings is 2. The number of fused-ring (bicyclic) bond motifs is 1. The van der Waals surface area contributed by atoms with Crippen LogP contribution in [0.2, 0.25) is 0 Å². The fourth-order valence-electron chi connectivity index (χ4n) is 3.91. The van der Waals surface area contributed by atoms with Crippen LogP contribution in [0.5, 0.6) is 0 Å². The number of hydrogen-bond acceptors (Lipinski definition) is 4. The topological polar surface area (TPSA) is 104 Å². The van der Waals surface area contributed by atoms with Crippen molar-refractivity contribution in [2.45, 2.75) is 19.3 Å². The molecule has 4 aromatic rings. The molecule has 1 aliphatic heterocycles. The fraction of sp³-hybridized carbons (Fsp3) is 0.143. The van der Waals surface area contributed by atoms with Gasteiger partial charge in [-0.2, -0.15) is 4.68 Å². The van der Waals surface area contributed by atoms with Crippen LogP contribution in [0, 0.1) is 12.7 Å². The van der Waals surface area contributed by atoms with E-state index in [-0.39, 0.29) is 23.6 Å². The first-order valence-corrected chi connectivity index (χ1v) is 9.33. The molecule has 1 fully saturated rings. The average Bonchev–Trinajstić information content (AvgIpc) is 3.35. The number of imidazole rings is 1. The van der Waals surface area contributed by atoms with E-state index in [0.717, 1.165) is 16.5 Å². The third kappa shape index (κ3) is 2.66. The van der Waals surface area contributed by atoms with E-state index in [2.05, 4.69) is 15.1 Å². The van der Waals surface area contributed by atoms with Gasteiger partial charge in [-0.1, -0.05) is 18.2 Å². The minimum absolute atomic E-state index is 0.151. The zero-order valence-electron chi connectivity index (χ0n) is 15.8. The van der Waals surface area contributed by atoms with E-state index in [0.29, 0.717) is 11.2 Å². The Bertz CT molecular complexity index is 1350. The molecule has 0 radical (unpaired) electrons. The molecule has 1 saturated heterocycles. The van der Waals surface area contributed by atoms with Gasteiger partial charge in [0.1, 0.15) is 5.82 Å². The molecule has 30 heavy (non-hydrogen) atoms. The van der Waals surface area contributed by atoms with Crippen LogP contribution in [-0.2, 0) is 9.59 Å². The molecule has 0 bridgehead atoms. The molecule has 0 unspecified atom stereocenters. The minimum Gasteiger partial charge on any atom is -0.322 e. The Kier molecular flexibility index (Phi) is 3.92. The van der Waals surface area contributed by atoms with Crippen LogP contribution in [-0.4, -0.2) is 31.6 Å². The molecule has 2 amide bonds. The molecule has 0 aliphatic carbocycles.